The first-order valence-electron chi connectivity index (χ1n) is 6.15. The van der Waals surface area contributed by atoms with Crippen LogP contribution in [0.3, 0.4) is 0 Å². The van der Waals surface area contributed by atoms with Crippen LogP contribution in [0.15, 0.2) is 28.8 Å². The molecule has 2 N–H and O–H groups in total. The predicted molar refractivity (Wildman–Crippen MR) is 81.0 cm³/mol. The summed E-state index contributed by atoms with van der Waals surface area (Å²) >= 11 is 7.46. The largest absolute Gasteiger partial charge is 0.390 e. The highest BCUT2D eigenvalue weighted by molar-refractivity contribution is 7.16. The van der Waals surface area contributed by atoms with Crippen LogP contribution in [-0.2, 0) is 6.42 Å². The molecule has 0 fully saturated rings. The predicted octanol–water partition coefficient (Wildman–Crippen LogP) is 4.07. The molecule has 4 nitrogen and oxygen atoms in total. The van der Waals surface area contributed by atoms with Crippen molar-refractivity contribution in [1.82, 2.24) is 10.1 Å². The average molecular weight is 324 g/mol. The van der Waals surface area contributed by atoms with E-state index in [9.17, 15) is 4.39 Å². The van der Waals surface area contributed by atoms with Crippen LogP contribution in [0.4, 0.5) is 9.39 Å². The Morgan fingerprint density at radius 2 is 2.19 bits per heavy atom. The number of nitrogens with two attached hydrogens (primary N) is 1. The van der Waals surface area contributed by atoms with Crippen LogP contribution in [-0.4, -0.2) is 10.1 Å². The molecule has 108 valence electrons. The maximum absolute atomic E-state index is 13.0. The summed E-state index contributed by atoms with van der Waals surface area (Å²) in [6, 6.07) is 6.12. The first-order valence-corrected chi connectivity index (χ1v) is 7.35. The summed E-state index contributed by atoms with van der Waals surface area (Å²) < 4.78 is 18.2. The van der Waals surface area contributed by atoms with E-state index in [0.29, 0.717) is 28.2 Å². The lowest BCUT2D eigenvalue weighted by atomic mass is 10.1. The minimum absolute atomic E-state index is 0.340. The van der Waals surface area contributed by atoms with Crippen molar-refractivity contribution in [2.45, 2.75) is 13.3 Å². The van der Waals surface area contributed by atoms with Gasteiger partial charge in [-0.3, -0.25) is 0 Å². The molecule has 0 radical (unpaired) electrons. The van der Waals surface area contributed by atoms with E-state index >= 15 is 0 Å². The van der Waals surface area contributed by atoms with Gasteiger partial charge in [-0.1, -0.05) is 22.8 Å². The van der Waals surface area contributed by atoms with Crippen molar-refractivity contribution in [3.05, 3.63) is 51.4 Å². The number of nitrogens with zero attached hydrogens (tertiary/aromatic N) is 2. The first-order chi connectivity index (χ1) is 10.0. The summed E-state index contributed by atoms with van der Waals surface area (Å²) in [6.45, 7) is 1.96. The van der Waals surface area contributed by atoms with Gasteiger partial charge in [0.1, 0.15) is 5.82 Å². The molecular weight excluding hydrogens is 313 g/mol. The molecule has 3 rings (SSSR count). The van der Waals surface area contributed by atoms with Crippen molar-refractivity contribution < 1.29 is 8.91 Å². The van der Waals surface area contributed by atoms with Crippen molar-refractivity contribution in [1.29, 1.82) is 0 Å². The molecule has 0 aliphatic rings. The summed E-state index contributed by atoms with van der Waals surface area (Å²) in [7, 11) is 0. The molecule has 0 spiro atoms. The van der Waals surface area contributed by atoms with Gasteiger partial charge in [-0.05, 0) is 30.7 Å². The maximum atomic E-state index is 13.0. The Labute approximate surface area is 129 Å². The topological polar surface area (TPSA) is 64.9 Å². The molecular formula is C14H11ClFN3OS. The Hall–Kier alpha value is -1.92. The monoisotopic (exact) mass is 323 g/mol. The van der Waals surface area contributed by atoms with Crippen LogP contribution in [0.1, 0.15) is 16.3 Å². The van der Waals surface area contributed by atoms with Crippen molar-refractivity contribution in [3.63, 3.8) is 0 Å². The number of anilines is 1. The molecule has 3 aromatic rings. The Morgan fingerprint density at radius 3 is 2.86 bits per heavy atom. The number of hydrogen-bond acceptors (Lipinski definition) is 5. The van der Waals surface area contributed by atoms with Gasteiger partial charge in [0.2, 0.25) is 0 Å². The molecule has 2 heterocycles. The summed E-state index contributed by atoms with van der Waals surface area (Å²) in [5.41, 5.74) is 7.38. The molecule has 0 bridgehead atoms. The molecule has 0 unspecified atom stereocenters. The fourth-order valence-corrected chi connectivity index (χ4v) is 2.98. The SMILES string of the molecule is Cc1cc(-c2nc(Cc3ccc(F)cc3Cl)no2)c(N)s1. The molecule has 2 aromatic heterocycles. The third-order valence-corrected chi connectivity index (χ3v) is 4.18. The molecule has 0 amide bonds. The van der Waals surface area contributed by atoms with Crippen molar-refractivity contribution in [2.75, 3.05) is 5.73 Å². The van der Waals surface area contributed by atoms with E-state index in [0.717, 1.165) is 16.0 Å². The zero-order chi connectivity index (χ0) is 15.0. The molecule has 0 atom stereocenters. The van der Waals surface area contributed by atoms with E-state index in [-0.39, 0.29) is 5.82 Å². The molecule has 0 saturated heterocycles. The van der Waals surface area contributed by atoms with E-state index in [1.807, 2.05) is 13.0 Å². The Morgan fingerprint density at radius 1 is 1.38 bits per heavy atom. The standard InChI is InChI=1S/C14H11ClFN3OS/c1-7-4-10(13(17)21-7)14-18-12(19-20-14)5-8-2-3-9(16)6-11(8)15/h2-4,6H,5,17H2,1H3. The number of hydrogen-bond donors (Lipinski definition) is 1. The van der Waals surface area contributed by atoms with Crippen molar-refractivity contribution in [3.8, 4) is 11.5 Å². The van der Waals surface area contributed by atoms with Crippen molar-refractivity contribution >= 4 is 27.9 Å². The third kappa shape index (κ3) is 2.91. The van der Waals surface area contributed by atoms with Crippen LogP contribution in [0.5, 0.6) is 0 Å². The Balaban J connectivity index is 1.87. The molecule has 0 aliphatic heterocycles. The van der Waals surface area contributed by atoms with Crippen LogP contribution < -0.4 is 5.73 Å². The molecule has 1 aromatic carbocycles. The number of thiophene rings is 1. The normalized spacial score (nSPS) is 11.0. The van der Waals surface area contributed by atoms with Gasteiger partial charge in [-0.15, -0.1) is 11.3 Å². The minimum Gasteiger partial charge on any atom is -0.390 e. The summed E-state index contributed by atoms with van der Waals surface area (Å²) in [5.74, 6) is 0.478. The van der Waals surface area contributed by atoms with Gasteiger partial charge in [-0.2, -0.15) is 4.98 Å². The van der Waals surface area contributed by atoms with Crippen LogP contribution in [0.2, 0.25) is 5.02 Å². The highest BCUT2D eigenvalue weighted by atomic mass is 35.5. The fourth-order valence-electron chi connectivity index (χ4n) is 1.97. The summed E-state index contributed by atoms with van der Waals surface area (Å²) in [6.07, 6.45) is 0.367. The fraction of sp³-hybridized carbons (Fsp3) is 0.143. The van der Waals surface area contributed by atoms with E-state index < -0.39 is 0 Å². The lowest BCUT2D eigenvalue weighted by molar-refractivity contribution is 0.424. The zero-order valence-corrected chi connectivity index (χ0v) is 12.6. The van der Waals surface area contributed by atoms with Gasteiger partial charge in [0.05, 0.1) is 10.6 Å². The number of aryl methyl sites for hydroxylation is 1. The van der Waals surface area contributed by atoms with E-state index in [1.54, 1.807) is 6.07 Å². The quantitative estimate of drug-likeness (QED) is 0.789. The van der Waals surface area contributed by atoms with Crippen LogP contribution >= 0.6 is 22.9 Å². The third-order valence-electron chi connectivity index (χ3n) is 2.95. The highest BCUT2D eigenvalue weighted by Gasteiger charge is 2.15. The molecule has 0 aliphatic carbocycles. The Kier molecular flexibility index (Phi) is 3.65. The number of aromatic nitrogens is 2. The molecule has 21 heavy (non-hydrogen) atoms. The van der Waals surface area contributed by atoms with Gasteiger partial charge >= 0.3 is 0 Å². The van der Waals surface area contributed by atoms with Gasteiger partial charge in [0, 0.05) is 16.3 Å². The van der Waals surface area contributed by atoms with Gasteiger partial charge < -0.3 is 10.3 Å². The second kappa shape index (κ2) is 5.46. The summed E-state index contributed by atoms with van der Waals surface area (Å²) in [5, 5.41) is 4.89. The number of benzene rings is 1. The van der Waals surface area contributed by atoms with Crippen LogP contribution in [0, 0.1) is 12.7 Å². The molecule has 7 heteroatoms. The zero-order valence-electron chi connectivity index (χ0n) is 11.1. The minimum atomic E-state index is -0.376. The van der Waals surface area contributed by atoms with Gasteiger partial charge in [0.25, 0.3) is 5.89 Å². The lowest BCUT2D eigenvalue weighted by Crippen LogP contribution is -1.93. The van der Waals surface area contributed by atoms with Crippen molar-refractivity contribution in [2.24, 2.45) is 0 Å². The number of nitrogen functional groups attached to an aromatic ring is 1. The summed E-state index contributed by atoms with van der Waals surface area (Å²) in [4.78, 5) is 5.38. The lowest BCUT2D eigenvalue weighted by Gasteiger charge is -2.00. The molecule has 0 saturated carbocycles. The average Bonchev–Trinajstić information content (AvgIpc) is 2.99. The number of rotatable bonds is 3. The number of halogens is 2. The smallest absolute Gasteiger partial charge is 0.260 e. The second-order valence-corrected chi connectivity index (χ2v) is 6.26. The Bertz CT molecular complexity index is 799. The second-order valence-electron chi connectivity index (χ2n) is 4.56. The highest BCUT2D eigenvalue weighted by Crippen LogP contribution is 2.32. The van der Waals surface area contributed by atoms with E-state index in [1.165, 1.54) is 23.5 Å². The first kappa shape index (κ1) is 14.0. The van der Waals surface area contributed by atoms with Gasteiger partial charge in [-0.25, -0.2) is 4.39 Å². The van der Waals surface area contributed by atoms with Crippen LogP contribution in [0.25, 0.3) is 11.5 Å². The maximum Gasteiger partial charge on any atom is 0.260 e. The van der Waals surface area contributed by atoms with E-state index in [4.69, 9.17) is 21.9 Å². The van der Waals surface area contributed by atoms with E-state index in [2.05, 4.69) is 10.1 Å². The van der Waals surface area contributed by atoms with Gasteiger partial charge in [0.15, 0.2) is 5.82 Å².